The Morgan fingerprint density at radius 1 is 1.50 bits per heavy atom. The third-order valence-corrected chi connectivity index (χ3v) is 3.26. The number of amides is 1. The highest BCUT2D eigenvalue weighted by atomic mass is 35.5. The van der Waals surface area contributed by atoms with Crippen molar-refractivity contribution in [1.82, 2.24) is 5.32 Å². The van der Waals surface area contributed by atoms with Gasteiger partial charge in [-0.2, -0.15) is 0 Å². The molecule has 1 fully saturated rings. The molecule has 0 aliphatic heterocycles. The fraction of sp³-hybridized carbons (Fsp3) is 0.333. The number of rotatable bonds is 4. The maximum atomic E-state index is 12.0. The zero-order valence-electron chi connectivity index (χ0n) is 9.64. The molecule has 0 heterocycles. The summed E-state index contributed by atoms with van der Waals surface area (Å²) in [5, 5.41) is 14.8. The molecule has 4 N–H and O–H groups in total. The van der Waals surface area contributed by atoms with Gasteiger partial charge in [0.15, 0.2) is 5.84 Å². The summed E-state index contributed by atoms with van der Waals surface area (Å²) in [4.78, 5) is 12.0. The van der Waals surface area contributed by atoms with Crippen LogP contribution < -0.4 is 11.1 Å². The third-order valence-electron chi connectivity index (χ3n) is 2.93. The Balaban J connectivity index is 2.12. The van der Waals surface area contributed by atoms with Crippen molar-refractivity contribution in [1.29, 1.82) is 0 Å². The highest BCUT2D eigenvalue weighted by Gasteiger charge is 2.35. The molecule has 1 aromatic rings. The summed E-state index contributed by atoms with van der Waals surface area (Å²) in [5.74, 6) is -0.0469. The van der Waals surface area contributed by atoms with Gasteiger partial charge in [-0.25, -0.2) is 0 Å². The van der Waals surface area contributed by atoms with Gasteiger partial charge in [-0.05, 0) is 30.9 Å². The number of nitrogens with zero attached hydrogens (tertiary/aromatic N) is 1. The predicted octanol–water partition coefficient (Wildman–Crippen LogP) is 1.59. The van der Waals surface area contributed by atoms with E-state index in [-0.39, 0.29) is 17.7 Å². The van der Waals surface area contributed by atoms with Crippen LogP contribution in [0.1, 0.15) is 23.2 Å². The number of hydrogen-bond donors (Lipinski definition) is 3. The first-order chi connectivity index (χ1) is 8.63. The molecular formula is C12H14ClN3O2. The fourth-order valence-corrected chi connectivity index (χ4v) is 2.01. The molecule has 0 saturated heterocycles. The molecule has 96 valence electrons. The second-order valence-electron chi connectivity index (χ2n) is 4.29. The molecule has 0 bridgehead atoms. The second-order valence-corrected chi connectivity index (χ2v) is 4.70. The number of carbonyl (C=O) groups excluding carboxylic acids is 1. The third kappa shape index (κ3) is 2.73. The van der Waals surface area contributed by atoms with Crippen LogP contribution in [0.2, 0.25) is 5.02 Å². The quantitative estimate of drug-likeness (QED) is 0.335. The van der Waals surface area contributed by atoms with E-state index in [9.17, 15) is 4.79 Å². The van der Waals surface area contributed by atoms with Crippen LogP contribution in [-0.4, -0.2) is 23.0 Å². The van der Waals surface area contributed by atoms with Gasteiger partial charge in [0.2, 0.25) is 0 Å². The average Bonchev–Trinajstić information content (AvgIpc) is 3.19. The molecule has 18 heavy (non-hydrogen) atoms. The van der Waals surface area contributed by atoms with E-state index in [1.165, 1.54) is 0 Å². The molecule has 1 saturated carbocycles. The minimum Gasteiger partial charge on any atom is -0.409 e. The first-order valence-electron chi connectivity index (χ1n) is 5.66. The Kier molecular flexibility index (Phi) is 3.72. The highest BCUT2D eigenvalue weighted by Crippen LogP contribution is 2.33. The normalized spacial score (nSPS) is 17.3. The average molecular weight is 268 g/mol. The van der Waals surface area contributed by atoms with Crippen LogP contribution in [0.25, 0.3) is 0 Å². The lowest BCUT2D eigenvalue weighted by molar-refractivity contribution is 0.0943. The molecule has 2 rings (SSSR count). The minimum atomic E-state index is -0.432. The van der Waals surface area contributed by atoms with Crippen LogP contribution in [0.4, 0.5) is 0 Å². The van der Waals surface area contributed by atoms with Crippen LogP contribution >= 0.6 is 11.6 Å². The Hall–Kier alpha value is -1.75. The maximum Gasteiger partial charge on any atom is 0.253 e. The Morgan fingerprint density at radius 2 is 2.17 bits per heavy atom. The lowest BCUT2D eigenvalue weighted by Gasteiger charge is -2.17. The molecule has 6 heteroatoms. The summed E-state index contributed by atoms with van der Waals surface area (Å²) in [6.45, 7) is 0. The predicted molar refractivity (Wildman–Crippen MR) is 68.8 cm³/mol. The van der Waals surface area contributed by atoms with Crippen LogP contribution in [-0.2, 0) is 0 Å². The van der Waals surface area contributed by atoms with E-state index in [2.05, 4.69) is 10.5 Å². The van der Waals surface area contributed by atoms with Crippen molar-refractivity contribution in [3.8, 4) is 0 Å². The number of nitrogens with two attached hydrogens (primary N) is 1. The molecule has 1 unspecified atom stereocenters. The number of carbonyl (C=O) groups is 1. The van der Waals surface area contributed by atoms with E-state index in [4.69, 9.17) is 22.5 Å². The molecule has 1 amide bonds. The number of halogens is 1. The zero-order chi connectivity index (χ0) is 13.1. The van der Waals surface area contributed by atoms with Gasteiger partial charge in [0.1, 0.15) is 0 Å². The Morgan fingerprint density at radius 3 is 2.72 bits per heavy atom. The van der Waals surface area contributed by atoms with Crippen molar-refractivity contribution >= 4 is 23.3 Å². The van der Waals surface area contributed by atoms with Crippen molar-refractivity contribution in [2.24, 2.45) is 16.8 Å². The van der Waals surface area contributed by atoms with Gasteiger partial charge in [0.05, 0.1) is 16.6 Å². The van der Waals surface area contributed by atoms with E-state index in [0.29, 0.717) is 10.6 Å². The second kappa shape index (κ2) is 5.27. The number of oxime groups is 1. The summed E-state index contributed by atoms with van der Waals surface area (Å²) < 4.78 is 0. The summed E-state index contributed by atoms with van der Waals surface area (Å²) in [7, 11) is 0. The van der Waals surface area contributed by atoms with Gasteiger partial charge in [0, 0.05) is 0 Å². The molecule has 0 radical (unpaired) electrons. The van der Waals surface area contributed by atoms with Crippen molar-refractivity contribution < 1.29 is 10.0 Å². The lowest BCUT2D eigenvalue weighted by Crippen LogP contribution is -2.46. The standard InChI is InChI=1S/C12H14ClN3O2/c13-9-4-2-1-3-8(9)12(17)15-10(7-5-6-7)11(14)16-18/h1-4,7,10,18H,5-6H2,(H2,14,16)(H,15,17). The van der Waals surface area contributed by atoms with E-state index in [1.807, 2.05) is 0 Å². The topological polar surface area (TPSA) is 87.7 Å². The van der Waals surface area contributed by atoms with Crippen molar-refractivity contribution in [3.05, 3.63) is 34.9 Å². The van der Waals surface area contributed by atoms with Crippen LogP contribution in [0, 0.1) is 5.92 Å². The minimum absolute atomic E-state index is 0.0258. The van der Waals surface area contributed by atoms with Crippen molar-refractivity contribution in [2.45, 2.75) is 18.9 Å². The van der Waals surface area contributed by atoms with Gasteiger partial charge in [-0.1, -0.05) is 28.9 Å². The van der Waals surface area contributed by atoms with Gasteiger partial charge < -0.3 is 16.3 Å². The SMILES string of the molecule is NC(=NO)C(NC(=O)c1ccccc1Cl)C1CC1. The Labute approximate surface area is 110 Å². The molecule has 1 aliphatic carbocycles. The lowest BCUT2D eigenvalue weighted by atomic mass is 10.1. The molecule has 1 aromatic carbocycles. The summed E-state index contributed by atoms with van der Waals surface area (Å²) in [6.07, 6.45) is 1.92. The van der Waals surface area contributed by atoms with Crippen molar-refractivity contribution in [2.75, 3.05) is 0 Å². The van der Waals surface area contributed by atoms with Crippen LogP contribution in [0.5, 0.6) is 0 Å². The van der Waals surface area contributed by atoms with Gasteiger partial charge in [-0.15, -0.1) is 0 Å². The number of benzene rings is 1. The Bertz CT molecular complexity index is 486. The first kappa shape index (κ1) is 12.7. The van der Waals surface area contributed by atoms with E-state index in [1.54, 1.807) is 24.3 Å². The summed E-state index contributed by atoms with van der Waals surface area (Å²) >= 11 is 5.94. The first-order valence-corrected chi connectivity index (χ1v) is 6.04. The largest absolute Gasteiger partial charge is 0.409 e. The van der Waals surface area contributed by atoms with E-state index in [0.717, 1.165) is 12.8 Å². The van der Waals surface area contributed by atoms with Crippen LogP contribution in [0.15, 0.2) is 29.4 Å². The molecule has 1 atom stereocenters. The highest BCUT2D eigenvalue weighted by molar-refractivity contribution is 6.33. The molecule has 0 spiro atoms. The van der Waals surface area contributed by atoms with E-state index < -0.39 is 6.04 Å². The molecule has 0 aromatic heterocycles. The molecular weight excluding hydrogens is 254 g/mol. The van der Waals surface area contributed by atoms with Gasteiger partial charge in [-0.3, -0.25) is 4.79 Å². The summed E-state index contributed by atoms with van der Waals surface area (Å²) in [6, 6.07) is 6.33. The maximum absolute atomic E-state index is 12.0. The number of amidine groups is 1. The number of nitrogens with one attached hydrogen (secondary N) is 1. The molecule has 1 aliphatic rings. The number of hydrogen-bond acceptors (Lipinski definition) is 3. The smallest absolute Gasteiger partial charge is 0.253 e. The van der Waals surface area contributed by atoms with Crippen molar-refractivity contribution in [3.63, 3.8) is 0 Å². The monoisotopic (exact) mass is 267 g/mol. The molecule has 5 nitrogen and oxygen atoms in total. The summed E-state index contributed by atoms with van der Waals surface area (Å²) in [5.41, 5.74) is 5.96. The van der Waals surface area contributed by atoms with Gasteiger partial charge in [0.25, 0.3) is 5.91 Å². The zero-order valence-corrected chi connectivity index (χ0v) is 10.4. The van der Waals surface area contributed by atoms with Gasteiger partial charge >= 0.3 is 0 Å². The van der Waals surface area contributed by atoms with Crippen LogP contribution in [0.3, 0.4) is 0 Å². The van der Waals surface area contributed by atoms with E-state index >= 15 is 0 Å². The fourth-order valence-electron chi connectivity index (χ4n) is 1.79.